The van der Waals surface area contributed by atoms with Crippen LogP contribution in [0.1, 0.15) is 11.1 Å². The largest absolute Gasteiger partial charge is 0.407 e. The molecule has 3 heteroatoms. The number of rotatable bonds is 4. The summed E-state index contributed by atoms with van der Waals surface area (Å²) < 4.78 is 15.5. The van der Waals surface area contributed by atoms with Crippen LogP contribution in [0.4, 0.5) is 0 Å². The highest BCUT2D eigenvalue weighted by atomic mass is 31.1. The molecule has 0 unspecified atom stereocenters. The molecule has 0 aliphatic carbocycles. The van der Waals surface area contributed by atoms with Gasteiger partial charge in [-0.25, -0.2) is 4.57 Å². The zero-order valence-corrected chi connectivity index (χ0v) is 9.56. The first-order valence-corrected chi connectivity index (χ1v) is 5.74. The lowest BCUT2D eigenvalue weighted by molar-refractivity contribution is 0.522. The van der Waals surface area contributed by atoms with Gasteiger partial charge < -0.3 is 4.52 Å². The van der Waals surface area contributed by atoms with Crippen LogP contribution in [-0.4, -0.2) is 0 Å². The van der Waals surface area contributed by atoms with Crippen LogP contribution in [-0.2, 0) is 11.0 Å². The molecular weight excluding hydrogens is 219 g/mol. The first kappa shape index (κ1) is 10.8. The first-order valence-electron chi connectivity index (χ1n) is 5.01. The van der Waals surface area contributed by atoms with Gasteiger partial charge in [-0.15, -0.1) is 0 Å². The van der Waals surface area contributed by atoms with Crippen molar-refractivity contribution in [1.82, 2.24) is 0 Å². The van der Waals surface area contributed by atoms with Crippen LogP contribution in [0.3, 0.4) is 0 Å². The number of hydrogen-bond acceptors (Lipinski definition) is 2. The minimum Gasteiger partial charge on any atom is -0.407 e. The Kier molecular flexibility index (Phi) is 3.68. The highest BCUT2D eigenvalue weighted by Gasteiger charge is 2.03. The van der Waals surface area contributed by atoms with Crippen LogP contribution in [0.25, 0.3) is 0 Å². The Labute approximate surface area is 96.2 Å². The predicted octanol–water partition coefficient (Wildman–Crippen LogP) is 3.86. The van der Waals surface area contributed by atoms with Gasteiger partial charge in [0.2, 0.25) is 0 Å². The van der Waals surface area contributed by atoms with E-state index in [1.165, 1.54) is 5.56 Å². The molecule has 80 valence electrons. The molecule has 16 heavy (non-hydrogen) atoms. The lowest BCUT2D eigenvalue weighted by Crippen LogP contribution is -1.90. The smallest absolute Gasteiger partial charge is 0.395 e. The number of para-hydroxylation sites is 1. The van der Waals surface area contributed by atoms with Crippen LogP contribution in [0.5, 0.6) is 5.75 Å². The quantitative estimate of drug-likeness (QED) is 0.745. The Balaban J connectivity index is 2.24. The van der Waals surface area contributed by atoms with Gasteiger partial charge in [0.1, 0.15) is 5.75 Å². The number of benzene rings is 2. The molecule has 0 radical (unpaired) electrons. The first-order chi connectivity index (χ1) is 7.90. The lowest BCUT2D eigenvalue weighted by atomic mass is 10.0. The van der Waals surface area contributed by atoms with Gasteiger partial charge in [0, 0.05) is 6.42 Å². The second-order valence-corrected chi connectivity index (χ2v) is 3.77. The normalized spacial score (nSPS) is 10.2. The van der Waals surface area contributed by atoms with E-state index in [2.05, 4.69) is 12.1 Å². The Morgan fingerprint density at radius 1 is 0.938 bits per heavy atom. The SMILES string of the molecule is O=POc1ccccc1Cc1ccccc1. The molecule has 0 aliphatic rings. The van der Waals surface area contributed by atoms with Crippen molar-refractivity contribution in [3.05, 3.63) is 65.7 Å². The fourth-order valence-electron chi connectivity index (χ4n) is 1.59. The fraction of sp³-hybridized carbons (Fsp3) is 0.0769. The summed E-state index contributed by atoms with van der Waals surface area (Å²) in [6, 6.07) is 17.7. The van der Waals surface area contributed by atoms with Crippen LogP contribution >= 0.6 is 8.69 Å². The van der Waals surface area contributed by atoms with Gasteiger partial charge in [0.25, 0.3) is 0 Å². The van der Waals surface area contributed by atoms with Crippen LogP contribution in [0.2, 0.25) is 0 Å². The third-order valence-electron chi connectivity index (χ3n) is 2.35. The zero-order valence-electron chi connectivity index (χ0n) is 8.67. The second kappa shape index (κ2) is 5.43. The summed E-state index contributed by atoms with van der Waals surface area (Å²) >= 11 is 0. The van der Waals surface area contributed by atoms with Gasteiger partial charge in [-0.3, -0.25) is 0 Å². The van der Waals surface area contributed by atoms with E-state index in [0.717, 1.165) is 12.0 Å². The molecule has 0 fully saturated rings. The van der Waals surface area contributed by atoms with E-state index in [1.807, 2.05) is 42.5 Å². The van der Waals surface area contributed by atoms with Gasteiger partial charge in [-0.2, -0.15) is 0 Å². The molecule has 0 atom stereocenters. The average molecular weight is 230 g/mol. The Morgan fingerprint density at radius 3 is 2.38 bits per heavy atom. The summed E-state index contributed by atoms with van der Waals surface area (Å²) in [7, 11) is -0.314. The highest BCUT2D eigenvalue weighted by Crippen LogP contribution is 2.23. The van der Waals surface area contributed by atoms with Gasteiger partial charge >= 0.3 is 8.69 Å². The summed E-state index contributed by atoms with van der Waals surface area (Å²) in [6.07, 6.45) is 0.784. The molecule has 0 saturated heterocycles. The van der Waals surface area contributed by atoms with E-state index in [9.17, 15) is 4.57 Å². The summed E-state index contributed by atoms with van der Waals surface area (Å²) in [4.78, 5) is 0. The molecule has 0 saturated carbocycles. The van der Waals surface area contributed by atoms with Gasteiger partial charge in [-0.1, -0.05) is 48.5 Å². The van der Waals surface area contributed by atoms with E-state index in [4.69, 9.17) is 4.52 Å². The van der Waals surface area contributed by atoms with Crippen molar-refractivity contribution in [2.45, 2.75) is 6.42 Å². The molecule has 0 aliphatic heterocycles. The summed E-state index contributed by atoms with van der Waals surface area (Å²) in [5, 5.41) is 0. The second-order valence-electron chi connectivity index (χ2n) is 3.44. The standard InChI is InChI=1S/C13H11O2P/c14-16-15-13-9-5-4-8-12(13)10-11-6-2-1-3-7-11/h1-9H,10H2. The van der Waals surface area contributed by atoms with E-state index in [0.29, 0.717) is 5.75 Å². The maximum atomic E-state index is 10.5. The lowest BCUT2D eigenvalue weighted by Gasteiger charge is -2.06. The molecule has 2 nitrogen and oxygen atoms in total. The maximum Gasteiger partial charge on any atom is 0.395 e. The highest BCUT2D eigenvalue weighted by molar-refractivity contribution is 7.17. The Bertz CT molecular complexity index is 468. The van der Waals surface area contributed by atoms with Gasteiger partial charge in [-0.05, 0) is 17.2 Å². The van der Waals surface area contributed by atoms with Crippen LogP contribution < -0.4 is 4.52 Å². The molecule has 0 spiro atoms. The zero-order chi connectivity index (χ0) is 11.2. The van der Waals surface area contributed by atoms with Crippen molar-refractivity contribution in [2.24, 2.45) is 0 Å². The molecule has 0 bridgehead atoms. The van der Waals surface area contributed by atoms with E-state index < -0.39 is 0 Å². The van der Waals surface area contributed by atoms with Crippen LogP contribution in [0, 0.1) is 0 Å². The predicted molar refractivity (Wildman–Crippen MR) is 63.9 cm³/mol. The molecule has 0 heterocycles. The molecule has 0 aromatic heterocycles. The van der Waals surface area contributed by atoms with Crippen molar-refractivity contribution >= 4 is 8.69 Å². The van der Waals surface area contributed by atoms with Crippen molar-refractivity contribution < 1.29 is 9.09 Å². The van der Waals surface area contributed by atoms with E-state index >= 15 is 0 Å². The van der Waals surface area contributed by atoms with Gasteiger partial charge in [0.05, 0.1) is 0 Å². The molecule has 2 aromatic rings. The molecular formula is C13H11O2P. The number of hydrogen-bond donors (Lipinski definition) is 0. The molecule has 0 N–H and O–H groups in total. The molecule has 2 rings (SSSR count). The topological polar surface area (TPSA) is 26.3 Å². The maximum absolute atomic E-state index is 10.5. The third kappa shape index (κ3) is 2.68. The van der Waals surface area contributed by atoms with Crippen molar-refractivity contribution in [3.8, 4) is 5.75 Å². The van der Waals surface area contributed by atoms with E-state index in [1.54, 1.807) is 0 Å². The molecule has 2 aromatic carbocycles. The Hall–Kier alpha value is -1.66. The van der Waals surface area contributed by atoms with Gasteiger partial charge in [0.15, 0.2) is 0 Å². The van der Waals surface area contributed by atoms with Crippen molar-refractivity contribution in [1.29, 1.82) is 0 Å². The monoisotopic (exact) mass is 230 g/mol. The average Bonchev–Trinajstić information content (AvgIpc) is 2.33. The summed E-state index contributed by atoms with van der Waals surface area (Å²) in [6.45, 7) is 0. The third-order valence-corrected chi connectivity index (χ3v) is 2.62. The minimum absolute atomic E-state index is 0.314. The minimum atomic E-state index is -0.314. The van der Waals surface area contributed by atoms with Crippen molar-refractivity contribution in [3.63, 3.8) is 0 Å². The van der Waals surface area contributed by atoms with Crippen LogP contribution in [0.15, 0.2) is 54.6 Å². The molecule has 0 amide bonds. The van der Waals surface area contributed by atoms with E-state index in [-0.39, 0.29) is 8.69 Å². The fourth-order valence-corrected chi connectivity index (χ4v) is 1.85. The van der Waals surface area contributed by atoms with Crippen molar-refractivity contribution in [2.75, 3.05) is 0 Å². The summed E-state index contributed by atoms with van der Waals surface area (Å²) in [5.74, 6) is 0.669. The summed E-state index contributed by atoms with van der Waals surface area (Å²) in [5.41, 5.74) is 2.25. The Morgan fingerprint density at radius 2 is 1.62 bits per heavy atom.